The van der Waals surface area contributed by atoms with E-state index < -0.39 is 16.1 Å². The molecule has 31 heavy (non-hydrogen) atoms. The first kappa shape index (κ1) is 21.7. The molecule has 1 amide bonds. The molecule has 1 aromatic heterocycles. The molecule has 3 heterocycles. The number of hydrogen-bond donors (Lipinski definition) is 2. The van der Waals surface area contributed by atoms with Crippen molar-refractivity contribution in [3.8, 4) is 0 Å². The number of hydrogen-bond acceptors (Lipinski definition) is 7. The number of piperazine rings is 1. The van der Waals surface area contributed by atoms with Gasteiger partial charge < -0.3 is 4.74 Å². The predicted octanol–water partition coefficient (Wildman–Crippen LogP) is -0.0471. The Labute approximate surface area is 181 Å². The van der Waals surface area contributed by atoms with Crippen LogP contribution in [0.1, 0.15) is 16.1 Å². The van der Waals surface area contributed by atoms with E-state index in [4.69, 9.17) is 10.6 Å². The van der Waals surface area contributed by atoms with Crippen LogP contribution < -0.4 is 15.6 Å². The van der Waals surface area contributed by atoms with Gasteiger partial charge in [0.05, 0.1) is 42.7 Å². The number of hydrazine groups is 1. The Bertz CT molecular complexity index is 990. The number of carbonyl (C=O) groups excluding carboxylic acids is 1. The summed E-state index contributed by atoms with van der Waals surface area (Å²) >= 11 is 0. The molecule has 4 rings (SSSR count). The molecular weight excluding hydrogens is 420 g/mol. The molecule has 0 atom stereocenters. The second kappa shape index (κ2) is 9.28. The molecule has 0 spiro atoms. The van der Waals surface area contributed by atoms with Crippen LogP contribution in [0.2, 0.25) is 0 Å². The van der Waals surface area contributed by atoms with Gasteiger partial charge in [0, 0.05) is 32.4 Å². The van der Waals surface area contributed by atoms with Gasteiger partial charge in [0.15, 0.2) is 0 Å². The molecule has 0 unspecified atom stereocenters. The average molecular weight is 447 g/mol. The van der Waals surface area contributed by atoms with Gasteiger partial charge in [-0.05, 0) is 24.3 Å². The third-order valence-electron chi connectivity index (χ3n) is 5.58. The fourth-order valence-electron chi connectivity index (χ4n) is 3.66. The van der Waals surface area contributed by atoms with E-state index in [0.29, 0.717) is 62.4 Å². The molecule has 3 N–H and O–H groups in total. The van der Waals surface area contributed by atoms with E-state index >= 15 is 0 Å². The zero-order chi connectivity index (χ0) is 21.8. The van der Waals surface area contributed by atoms with Crippen molar-refractivity contribution >= 4 is 21.8 Å². The van der Waals surface area contributed by atoms with Crippen molar-refractivity contribution in [1.82, 2.24) is 19.6 Å². The van der Waals surface area contributed by atoms with Crippen molar-refractivity contribution in [3.63, 3.8) is 0 Å². The molecule has 2 aliphatic rings. The number of rotatable bonds is 7. The molecule has 0 radical (unpaired) electrons. The van der Waals surface area contributed by atoms with Crippen LogP contribution in [0.3, 0.4) is 0 Å². The van der Waals surface area contributed by atoms with E-state index in [1.807, 2.05) is 6.07 Å². The Balaban J connectivity index is 1.54. The Kier molecular flexibility index (Phi) is 6.49. The van der Waals surface area contributed by atoms with E-state index in [9.17, 15) is 13.2 Å². The summed E-state index contributed by atoms with van der Waals surface area (Å²) in [6.45, 7) is 3.68. The SMILES string of the molecule is NNC(=O)c1ccc(CN(c2ccccc2)S(=O)(=O)N2CCN(C3COC3)CC2)nc1. The van der Waals surface area contributed by atoms with Crippen LogP contribution in [-0.2, 0) is 21.5 Å². The summed E-state index contributed by atoms with van der Waals surface area (Å²) in [5, 5.41) is 0. The summed E-state index contributed by atoms with van der Waals surface area (Å²) in [7, 11) is -3.77. The molecule has 2 aliphatic heterocycles. The fraction of sp³-hybridized carbons (Fsp3) is 0.400. The van der Waals surface area contributed by atoms with Crippen molar-refractivity contribution in [2.24, 2.45) is 5.84 Å². The largest absolute Gasteiger partial charge is 0.378 e. The standard InChI is InChI=1S/C20H26N6O4S/c21-23-20(27)16-6-7-17(22-12-16)13-26(18-4-2-1-3-5-18)31(28,29)25-10-8-24(9-11-25)19-14-30-15-19/h1-7,12,19H,8-11,13-15,21H2,(H,23,27). The molecule has 0 saturated carbocycles. The number of pyridine rings is 1. The lowest BCUT2D eigenvalue weighted by Gasteiger charge is -2.43. The van der Waals surface area contributed by atoms with E-state index in [1.54, 1.807) is 36.4 Å². The van der Waals surface area contributed by atoms with E-state index in [0.717, 1.165) is 0 Å². The normalized spacial score (nSPS) is 18.4. The van der Waals surface area contributed by atoms with Gasteiger partial charge in [0.25, 0.3) is 5.91 Å². The van der Waals surface area contributed by atoms with Gasteiger partial charge >= 0.3 is 10.2 Å². The number of para-hydroxylation sites is 1. The number of nitrogen functional groups attached to an aromatic ring is 1. The number of nitrogens with zero attached hydrogens (tertiary/aromatic N) is 4. The second-order valence-corrected chi connectivity index (χ2v) is 9.34. The van der Waals surface area contributed by atoms with Gasteiger partial charge in [-0.25, -0.2) is 5.84 Å². The van der Waals surface area contributed by atoms with Crippen LogP contribution in [0.4, 0.5) is 5.69 Å². The minimum absolute atomic E-state index is 0.0492. The molecule has 10 nitrogen and oxygen atoms in total. The van der Waals surface area contributed by atoms with Gasteiger partial charge in [0.1, 0.15) is 0 Å². The number of anilines is 1. The van der Waals surface area contributed by atoms with Crippen molar-refractivity contribution in [1.29, 1.82) is 0 Å². The Morgan fingerprint density at radius 3 is 2.39 bits per heavy atom. The molecule has 2 fully saturated rings. The molecule has 0 aliphatic carbocycles. The van der Waals surface area contributed by atoms with Crippen LogP contribution >= 0.6 is 0 Å². The van der Waals surface area contributed by atoms with Crippen LogP contribution in [0.25, 0.3) is 0 Å². The van der Waals surface area contributed by atoms with Crippen molar-refractivity contribution in [2.45, 2.75) is 12.6 Å². The van der Waals surface area contributed by atoms with Crippen LogP contribution in [-0.4, -0.2) is 73.9 Å². The zero-order valence-electron chi connectivity index (χ0n) is 17.1. The van der Waals surface area contributed by atoms with Gasteiger partial charge in [-0.1, -0.05) is 18.2 Å². The van der Waals surface area contributed by atoms with Gasteiger partial charge in [-0.2, -0.15) is 12.7 Å². The highest BCUT2D eigenvalue weighted by atomic mass is 32.2. The van der Waals surface area contributed by atoms with E-state index in [2.05, 4.69) is 15.3 Å². The predicted molar refractivity (Wildman–Crippen MR) is 115 cm³/mol. The highest BCUT2D eigenvalue weighted by Gasteiger charge is 2.36. The Morgan fingerprint density at radius 1 is 1.13 bits per heavy atom. The van der Waals surface area contributed by atoms with Gasteiger partial charge in [-0.15, -0.1) is 0 Å². The maximum atomic E-state index is 13.6. The number of benzene rings is 1. The molecule has 2 saturated heterocycles. The second-order valence-electron chi connectivity index (χ2n) is 7.49. The summed E-state index contributed by atoms with van der Waals surface area (Å²) in [6, 6.07) is 12.5. The monoisotopic (exact) mass is 446 g/mol. The molecule has 1 aromatic carbocycles. The molecular formula is C20H26N6O4S. The Hall–Kier alpha value is -2.57. The number of aromatic nitrogens is 1. The fourth-order valence-corrected chi connectivity index (χ4v) is 5.24. The smallest absolute Gasteiger partial charge is 0.304 e. The minimum Gasteiger partial charge on any atom is -0.378 e. The maximum absolute atomic E-state index is 13.6. The first-order chi connectivity index (χ1) is 15.0. The summed E-state index contributed by atoms with van der Waals surface area (Å²) in [5.74, 6) is 4.69. The highest BCUT2D eigenvalue weighted by Crippen LogP contribution is 2.24. The third-order valence-corrected chi connectivity index (χ3v) is 7.50. The number of nitrogens with two attached hydrogens (primary N) is 1. The van der Waals surface area contributed by atoms with Crippen LogP contribution in [0.5, 0.6) is 0 Å². The molecule has 2 aromatic rings. The van der Waals surface area contributed by atoms with Crippen molar-refractivity contribution in [3.05, 3.63) is 59.9 Å². The first-order valence-corrected chi connectivity index (χ1v) is 11.5. The number of carbonyl (C=O) groups is 1. The molecule has 166 valence electrons. The lowest BCUT2D eigenvalue weighted by molar-refractivity contribution is -0.0721. The van der Waals surface area contributed by atoms with Crippen LogP contribution in [0.15, 0.2) is 48.7 Å². The minimum atomic E-state index is -3.77. The lowest BCUT2D eigenvalue weighted by atomic mass is 10.2. The van der Waals surface area contributed by atoms with Gasteiger partial charge in [0.2, 0.25) is 0 Å². The summed E-state index contributed by atoms with van der Waals surface area (Å²) in [5.41, 5.74) is 3.43. The van der Waals surface area contributed by atoms with Crippen molar-refractivity contribution in [2.75, 3.05) is 43.7 Å². The first-order valence-electron chi connectivity index (χ1n) is 10.1. The summed E-state index contributed by atoms with van der Waals surface area (Å²) in [4.78, 5) is 18.2. The average Bonchev–Trinajstić information content (AvgIpc) is 2.77. The highest BCUT2D eigenvalue weighted by molar-refractivity contribution is 7.90. The lowest BCUT2D eigenvalue weighted by Crippen LogP contribution is -2.59. The summed E-state index contributed by atoms with van der Waals surface area (Å²) < 4.78 is 35.3. The van der Waals surface area contributed by atoms with Crippen molar-refractivity contribution < 1.29 is 17.9 Å². The van der Waals surface area contributed by atoms with Crippen LogP contribution in [0, 0.1) is 0 Å². The molecule has 0 bridgehead atoms. The van der Waals surface area contributed by atoms with Gasteiger partial charge in [-0.3, -0.25) is 24.4 Å². The summed E-state index contributed by atoms with van der Waals surface area (Å²) in [6.07, 6.45) is 1.38. The number of ether oxygens (including phenoxy) is 1. The Morgan fingerprint density at radius 2 is 1.84 bits per heavy atom. The number of nitrogens with one attached hydrogen (secondary N) is 1. The van der Waals surface area contributed by atoms with E-state index in [1.165, 1.54) is 14.8 Å². The number of amides is 1. The zero-order valence-corrected chi connectivity index (χ0v) is 17.9. The van der Waals surface area contributed by atoms with E-state index in [-0.39, 0.29) is 6.54 Å². The third kappa shape index (κ3) is 4.70. The maximum Gasteiger partial charge on any atom is 0.304 e. The quantitative estimate of drug-likeness (QED) is 0.348. The molecule has 11 heteroatoms. The topological polar surface area (TPSA) is 121 Å².